The molecule has 2 atom stereocenters. The molecule has 0 saturated carbocycles. The van der Waals surface area contributed by atoms with E-state index in [1.807, 2.05) is 12.1 Å². The van der Waals surface area contributed by atoms with E-state index in [-0.39, 0.29) is 0 Å². The second kappa shape index (κ2) is 3.69. The maximum atomic E-state index is 5.93. The predicted octanol–water partition coefficient (Wildman–Crippen LogP) is 3.15. The van der Waals surface area contributed by atoms with E-state index in [2.05, 4.69) is 24.4 Å². The average molecular weight is 196 g/mol. The van der Waals surface area contributed by atoms with Gasteiger partial charge in [0.2, 0.25) is 0 Å². The molecular formula is C11H14ClN. The Morgan fingerprint density at radius 2 is 2.23 bits per heavy atom. The first kappa shape index (κ1) is 9.04. The van der Waals surface area contributed by atoms with Gasteiger partial charge in [0.15, 0.2) is 0 Å². The zero-order valence-electron chi connectivity index (χ0n) is 7.76. The van der Waals surface area contributed by atoms with Crippen molar-refractivity contribution in [3.8, 4) is 0 Å². The van der Waals surface area contributed by atoms with Crippen molar-refractivity contribution in [3.63, 3.8) is 0 Å². The SMILES string of the molecule is CC1CCC(c2cccc(Cl)c2)N1. The van der Waals surface area contributed by atoms with Gasteiger partial charge in [-0.2, -0.15) is 0 Å². The second-order valence-corrected chi connectivity index (χ2v) is 4.19. The van der Waals surface area contributed by atoms with Crippen LogP contribution in [-0.4, -0.2) is 6.04 Å². The number of benzene rings is 1. The number of rotatable bonds is 1. The maximum Gasteiger partial charge on any atom is 0.0409 e. The van der Waals surface area contributed by atoms with Crippen LogP contribution >= 0.6 is 11.6 Å². The van der Waals surface area contributed by atoms with Gasteiger partial charge in [-0.05, 0) is 37.5 Å². The Balaban J connectivity index is 2.16. The fourth-order valence-electron chi connectivity index (χ4n) is 1.91. The first-order valence-corrected chi connectivity index (χ1v) is 5.15. The third-order valence-electron chi connectivity index (χ3n) is 2.63. The lowest BCUT2D eigenvalue weighted by Crippen LogP contribution is -2.20. The van der Waals surface area contributed by atoms with Gasteiger partial charge >= 0.3 is 0 Å². The number of hydrogen-bond donors (Lipinski definition) is 1. The summed E-state index contributed by atoms with van der Waals surface area (Å²) >= 11 is 5.93. The minimum absolute atomic E-state index is 0.508. The molecule has 0 aliphatic carbocycles. The van der Waals surface area contributed by atoms with Crippen LogP contribution in [0.15, 0.2) is 24.3 Å². The molecule has 0 bridgehead atoms. The lowest BCUT2D eigenvalue weighted by atomic mass is 10.1. The summed E-state index contributed by atoms with van der Waals surface area (Å²) in [7, 11) is 0. The van der Waals surface area contributed by atoms with Gasteiger partial charge < -0.3 is 5.32 Å². The van der Waals surface area contributed by atoms with Crippen LogP contribution in [0.2, 0.25) is 5.02 Å². The Morgan fingerprint density at radius 3 is 2.85 bits per heavy atom. The van der Waals surface area contributed by atoms with Gasteiger partial charge in [-0.25, -0.2) is 0 Å². The first-order chi connectivity index (χ1) is 6.25. The monoisotopic (exact) mass is 195 g/mol. The second-order valence-electron chi connectivity index (χ2n) is 3.75. The lowest BCUT2D eigenvalue weighted by Gasteiger charge is -2.11. The van der Waals surface area contributed by atoms with Gasteiger partial charge in [0, 0.05) is 17.1 Å². The number of halogens is 1. The molecule has 13 heavy (non-hydrogen) atoms. The maximum absolute atomic E-state index is 5.93. The molecule has 1 aliphatic rings. The van der Waals surface area contributed by atoms with Crippen LogP contribution in [-0.2, 0) is 0 Å². The quantitative estimate of drug-likeness (QED) is 0.726. The molecule has 1 heterocycles. The van der Waals surface area contributed by atoms with Gasteiger partial charge in [0.25, 0.3) is 0 Å². The molecule has 1 aliphatic heterocycles. The van der Waals surface area contributed by atoms with E-state index in [0.717, 1.165) is 5.02 Å². The van der Waals surface area contributed by atoms with Crippen molar-refractivity contribution in [1.82, 2.24) is 5.32 Å². The Bertz CT molecular complexity index is 298. The van der Waals surface area contributed by atoms with Crippen LogP contribution in [0.3, 0.4) is 0 Å². The van der Waals surface area contributed by atoms with Crippen molar-refractivity contribution in [3.05, 3.63) is 34.9 Å². The van der Waals surface area contributed by atoms with Gasteiger partial charge in [-0.15, -0.1) is 0 Å². The Hall–Kier alpha value is -0.530. The highest BCUT2D eigenvalue weighted by atomic mass is 35.5. The van der Waals surface area contributed by atoms with E-state index in [0.29, 0.717) is 12.1 Å². The topological polar surface area (TPSA) is 12.0 Å². The molecule has 1 N–H and O–H groups in total. The van der Waals surface area contributed by atoms with Gasteiger partial charge in [0.1, 0.15) is 0 Å². The molecule has 1 aromatic rings. The first-order valence-electron chi connectivity index (χ1n) is 4.77. The van der Waals surface area contributed by atoms with Gasteiger partial charge in [-0.3, -0.25) is 0 Å². The minimum atomic E-state index is 0.508. The summed E-state index contributed by atoms with van der Waals surface area (Å²) in [4.78, 5) is 0. The zero-order chi connectivity index (χ0) is 9.26. The molecule has 0 radical (unpaired) electrons. The summed E-state index contributed by atoms with van der Waals surface area (Å²) < 4.78 is 0. The summed E-state index contributed by atoms with van der Waals surface area (Å²) in [6, 6.07) is 9.28. The average Bonchev–Trinajstić information content (AvgIpc) is 2.52. The fourth-order valence-corrected chi connectivity index (χ4v) is 2.11. The summed E-state index contributed by atoms with van der Waals surface area (Å²) in [5.41, 5.74) is 1.32. The van der Waals surface area contributed by atoms with Crippen molar-refractivity contribution < 1.29 is 0 Å². The van der Waals surface area contributed by atoms with E-state index in [9.17, 15) is 0 Å². The summed E-state index contributed by atoms with van der Waals surface area (Å²) in [6.07, 6.45) is 2.48. The molecule has 0 amide bonds. The highest BCUT2D eigenvalue weighted by molar-refractivity contribution is 6.30. The van der Waals surface area contributed by atoms with Gasteiger partial charge in [-0.1, -0.05) is 23.7 Å². The van der Waals surface area contributed by atoms with Crippen LogP contribution in [0, 0.1) is 0 Å². The third-order valence-corrected chi connectivity index (χ3v) is 2.86. The Labute approximate surface area is 84.1 Å². The van der Waals surface area contributed by atoms with E-state index in [1.165, 1.54) is 18.4 Å². The molecule has 2 rings (SSSR count). The Kier molecular flexibility index (Phi) is 2.56. The number of hydrogen-bond acceptors (Lipinski definition) is 1. The van der Waals surface area contributed by atoms with E-state index >= 15 is 0 Å². The fraction of sp³-hybridized carbons (Fsp3) is 0.455. The molecule has 70 valence electrons. The molecule has 1 aromatic carbocycles. The lowest BCUT2D eigenvalue weighted by molar-refractivity contribution is 0.585. The molecular weight excluding hydrogens is 182 g/mol. The summed E-state index contributed by atoms with van der Waals surface area (Å²) in [5.74, 6) is 0. The molecule has 2 unspecified atom stereocenters. The van der Waals surface area contributed by atoms with E-state index in [1.54, 1.807) is 0 Å². The zero-order valence-corrected chi connectivity index (χ0v) is 8.51. The van der Waals surface area contributed by atoms with Crippen molar-refractivity contribution in [1.29, 1.82) is 0 Å². The third kappa shape index (κ3) is 2.04. The van der Waals surface area contributed by atoms with Gasteiger partial charge in [0.05, 0.1) is 0 Å². The van der Waals surface area contributed by atoms with Crippen LogP contribution in [0.5, 0.6) is 0 Å². The minimum Gasteiger partial charge on any atom is -0.307 e. The standard InChI is InChI=1S/C11H14ClN/c1-8-5-6-11(13-8)9-3-2-4-10(12)7-9/h2-4,7-8,11,13H,5-6H2,1H3. The smallest absolute Gasteiger partial charge is 0.0409 e. The summed E-state index contributed by atoms with van der Waals surface area (Å²) in [5, 5.41) is 4.37. The highest BCUT2D eigenvalue weighted by Crippen LogP contribution is 2.27. The van der Waals surface area contributed by atoms with E-state index < -0.39 is 0 Å². The van der Waals surface area contributed by atoms with Crippen LogP contribution in [0.25, 0.3) is 0 Å². The van der Waals surface area contributed by atoms with E-state index in [4.69, 9.17) is 11.6 Å². The molecule has 1 saturated heterocycles. The number of nitrogens with one attached hydrogen (secondary N) is 1. The summed E-state index contributed by atoms with van der Waals surface area (Å²) in [6.45, 7) is 2.23. The van der Waals surface area contributed by atoms with Crippen molar-refractivity contribution in [2.75, 3.05) is 0 Å². The molecule has 0 spiro atoms. The van der Waals surface area contributed by atoms with Crippen molar-refractivity contribution >= 4 is 11.6 Å². The molecule has 2 heteroatoms. The van der Waals surface area contributed by atoms with Crippen molar-refractivity contribution in [2.24, 2.45) is 0 Å². The largest absolute Gasteiger partial charge is 0.307 e. The molecule has 0 aromatic heterocycles. The Morgan fingerprint density at radius 1 is 1.38 bits per heavy atom. The molecule has 1 nitrogen and oxygen atoms in total. The van der Waals surface area contributed by atoms with Crippen molar-refractivity contribution in [2.45, 2.75) is 31.8 Å². The normalized spacial score (nSPS) is 27.8. The highest BCUT2D eigenvalue weighted by Gasteiger charge is 2.21. The van der Waals surface area contributed by atoms with Crippen LogP contribution in [0.4, 0.5) is 0 Å². The predicted molar refractivity (Wildman–Crippen MR) is 56.0 cm³/mol. The van der Waals surface area contributed by atoms with Crippen LogP contribution in [0.1, 0.15) is 31.4 Å². The molecule has 1 fully saturated rings. The van der Waals surface area contributed by atoms with Crippen LogP contribution < -0.4 is 5.32 Å².